The Hall–Kier alpha value is -0.870. The molecule has 0 radical (unpaired) electrons. The number of hydrogen-bond acceptors (Lipinski definition) is 4. The van der Waals surface area contributed by atoms with Crippen molar-refractivity contribution in [2.45, 2.75) is 124 Å². The van der Waals surface area contributed by atoms with Gasteiger partial charge in [0.25, 0.3) is 0 Å². The SMILES string of the molecule is C[C@@H]1C[C@@]2(C[C@@H](C)[C@]3(C)CC[C@@]4(C)C5=CC[C@H]6C(C)(C)[C@H](O)CC[C@]6(C)[C@@H]5CC[C@]43O2)OC1=O. The lowest BCUT2D eigenvalue weighted by Crippen LogP contribution is -2.68. The van der Waals surface area contributed by atoms with E-state index >= 15 is 0 Å². The number of fused-ring (bicyclic) bond motifs is 4. The van der Waals surface area contributed by atoms with E-state index < -0.39 is 5.79 Å². The van der Waals surface area contributed by atoms with E-state index in [9.17, 15) is 9.90 Å². The standard InChI is InChI=1S/C30H46O4/c1-18-16-29(33-24(18)32)17-19(2)27(6)14-15-28(7)21-8-9-22-25(3,4)23(31)11-12-26(22,5)20(21)10-13-30(27,28)34-29/h8,18-20,22-23,31H,9-17H2,1-7H3/t18-,19-,20-,22+,23-,26-,27+,28+,29-,30-/m1/s1. The number of esters is 1. The lowest BCUT2D eigenvalue weighted by molar-refractivity contribution is -0.354. The molecule has 0 unspecified atom stereocenters. The summed E-state index contributed by atoms with van der Waals surface area (Å²) in [7, 11) is 0. The minimum atomic E-state index is -0.744. The fourth-order valence-corrected chi connectivity index (χ4v) is 10.8. The van der Waals surface area contributed by atoms with Crippen molar-refractivity contribution < 1.29 is 19.4 Å². The summed E-state index contributed by atoms with van der Waals surface area (Å²) in [5.74, 6) is 0.605. The monoisotopic (exact) mass is 470 g/mol. The molecule has 0 bridgehead atoms. The van der Waals surface area contributed by atoms with Crippen LogP contribution < -0.4 is 0 Å². The van der Waals surface area contributed by atoms with Gasteiger partial charge in [0.15, 0.2) is 0 Å². The lowest BCUT2D eigenvalue weighted by Gasteiger charge is -2.67. The Morgan fingerprint density at radius 3 is 2.38 bits per heavy atom. The van der Waals surface area contributed by atoms with Gasteiger partial charge < -0.3 is 14.6 Å². The van der Waals surface area contributed by atoms with Gasteiger partial charge in [-0.2, -0.15) is 0 Å². The van der Waals surface area contributed by atoms with Crippen LogP contribution in [-0.2, 0) is 14.3 Å². The normalized spacial score (nSPS) is 57.8. The largest absolute Gasteiger partial charge is 0.433 e. The molecule has 6 rings (SSSR count). The Bertz CT molecular complexity index is 953. The number of allylic oxidation sites excluding steroid dienone is 1. The minimum Gasteiger partial charge on any atom is -0.433 e. The molecular formula is C30H46O4. The van der Waals surface area contributed by atoms with Crippen LogP contribution in [0, 0.1) is 45.3 Å². The van der Waals surface area contributed by atoms with Gasteiger partial charge in [0.1, 0.15) is 0 Å². The van der Waals surface area contributed by atoms with Gasteiger partial charge in [-0.25, -0.2) is 0 Å². The van der Waals surface area contributed by atoms with Crippen molar-refractivity contribution in [1.82, 2.24) is 0 Å². The van der Waals surface area contributed by atoms with E-state index in [1.54, 1.807) is 5.57 Å². The van der Waals surface area contributed by atoms with Crippen LogP contribution in [0.3, 0.4) is 0 Å². The summed E-state index contributed by atoms with van der Waals surface area (Å²) in [6.45, 7) is 16.5. The number of ether oxygens (including phenoxy) is 2. The number of hydrogen-bond donors (Lipinski definition) is 1. The average Bonchev–Trinajstić information content (AvgIpc) is 3.16. The van der Waals surface area contributed by atoms with Crippen molar-refractivity contribution in [3.05, 3.63) is 11.6 Å². The predicted octanol–water partition coefficient (Wildman–Crippen LogP) is 6.41. The molecule has 4 heteroatoms. The van der Waals surface area contributed by atoms with Gasteiger partial charge in [-0.15, -0.1) is 0 Å². The van der Waals surface area contributed by atoms with Crippen LogP contribution in [0.4, 0.5) is 0 Å². The second kappa shape index (κ2) is 6.71. The van der Waals surface area contributed by atoms with E-state index in [1.165, 1.54) is 6.42 Å². The number of carbonyl (C=O) groups is 1. The highest BCUT2D eigenvalue weighted by molar-refractivity contribution is 5.74. The molecule has 0 aromatic carbocycles. The second-order valence-electron chi connectivity index (χ2n) is 14.6. The van der Waals surface area contributed by atoms with Gasteiger partial charge in [0.2, 0.25) is 5.79 Å². The van der Waals surface area contributed by atoms with Crippen molar-refractivity contribution in [3.63, 3.8) is 0 Å². The van der Waals surface area contributed by atoms with Crippen molar-refractivity contribution in [1.29, 1.82) is 0 Å². The first-order chi connectivity index (χ1) is 15.7. The summed E-state index contributed by atoms with van der Waals surface area (Å²) >= 11 is 0. The molecule has 0 amide bonds. The summed E-state index contributed by atoms with van der Waals surface area (Å²) in [5.41, 5.74) is 1.59. The molecule has 5 fully saturated rings. The first kappa shape index (κ1) is 23.5. The Morgan fingerprint density at radius 1 is 0.971 bits per heavy atom. The Labute approximate surface area is 206 Å². The van der Waals surface area contributed by atoms with Crippen LogP contribution in [-0.4, -0.2) is 28.6 Å². The molecule has 34 heavy (non-hydrogen) atoms. The maximum absolute atomic E-state index is 12.5. The zero-order valence-corrected chi connectivity index (χ0v) is 22.5. The topological polar surface area (TPSA) is 55.8 Å². The molecule has 6 aliphatic rings. The molecule has 2 aliphatic heterocycles. The average molecular weight is 471 g/mol. The summed E-state index contributed by atoms with van der Waals surface area (Å²) in [6.07, 6.45) is 11.5. The fourth-order valence-electron chi connectivity index (χ4n) is 10.8. The molecule has 4 nitrogen and oxygen atoms in total. The zero-order chi connectivity index (χ0) is 24.5. The first-order valence-electron chi connectivity index (χ1n) is 14.1. The van der Waals surface area contributed by atoms with Gasteiger partial charge in [0.05, 0.1) is 17.6 Å². The van der Waals surface area contributed by atoms with E-state index in [1.807, 2.05) is 6.92 Å². The fraction of sp³-hybridized carbons (Fsp3) is 0.900. The molecule has 0 aromatic heterocycles. The van der Waals surface area contributed by atoms with Gasteiger partial charge in [-0.3, -0.25) is 4.79 Å². The van der Waals surface area contributed by atoms with Crippen LogP contribution in [0.1, 0.15) is 106 Å². The highest BCUT2D eigenvalue weighted by Gasteiger charge is 2.76. The molecule has 3 saturated carbocycles. The third kappa shape index (κ3) is 2.51. The van der Waals surface area contributed by atoms with Gasteiger partial charge in [0, 0.05) is 23.7 Å². The lowest BCUT2D eigenvalue weighted by atomic mass is 9.41. The molecule has 0 aromatic rings. The van der Waals surface area contributed by atoms with E-state index in [0.29, 0.717) is 24.2 Å². The van der Waals surface area contributed by atoms with Crippen molar-refractivity contribution in [2.24, 2.45) is 45.3 Å². The van der Waals surface area contributed by atoms with Crippen molar-refractivity contribution in [2.75, 3.05) is 0 Å². The summed E-state index contributed by atoms with van der Waals surface area (Å²) < 4.78 is 13.4. The Kier molecular flexibility index (Phi) is 4.64. The smallest absolute Gasteiger partial charge is 0.311 e. The number of aliphatic hydroxyl groups excluding tert-OH is 1. The molecule has 2 spiro atoms. The van der Waals surface area contributed by atoms with E-state index in [4.69, 9.17) is 9.47 Å². The second-order valence-corrected chi connectivity index (χ2v) is 14.6. The first-order valence-corrected chi connectivity index (χ1v) is 14.1. The Balaban J connectivity index is 1.45. The van der Waals surface area contributed by atoms with Crippen molar-refractivity contribution in [3.8, 4) is 0 Å². The number of aliphatic hydroxyl groups is 1. The summed E-state index contributed by atoms with van der Waals surface area (Å²) in [6, 6.07) is 0. The molecular weight excluding hydrogens is 424 g/mol. The summed E-state index contributed by atoms with van der Waals surface area (Å²) in [4.78, 5) is 12.5. The maximum Gasteiger partial charge on any atom is 0.311 e. The minimum absolute atomic E-state index is 0.0290. The molecule has 1 N–H and O–H groups in total. The predicted molar refractivity (Wildman–Crippen MR) is 132 cm³/mol. The third-order valence-corrected chi connectivity index (χ3v) is 13.0. The van der Waals surface area contributed by atoms with Crippen LogP contribution in [0.5, 0.6) is 0 Å². The van der Waals surface area contributed by atoms with E-state index in [0.717, 1.165) is 44.9 Å². The van der Waals surface area contributed by atoms with E-state index in [2.05, 4.69) is 47.6 Å². The molecule has 190 valence electrons. The maximum atomic E-state index is 12.5. The van der Waals surface area contributed by atoms with E-state index in [-0.39, 0.29) is 45.3 Å². The number of rotatable bonds is 0. The quantitative estimate of drug-likeness (QED) is 0.328. The van der Waals surface area contributed by atoms with Crippen LogP contribution in [0.15, 0.2) is 11.6 Å². The highest BCUT2D eigenvalue weighted by Crippen LogP contribution is 2.76. The zero-order valence-electron chi connectivity index (χ0n) is 22.5. The van der Waals surface area contributed by atoms with Gasteiger partial charge in [-0.05, 0) is 73.5 Å². The van der Waals surface area contributed by atoms with Crippen LogP contribution in [0.2, 0.25) is 0 Å². The molecule has 4 aliphatic carbocycles. The van der Waals surface area contributed by atoms with Gasteiger partial charge >= 0.3 is 5.97 Å². The van der Waals surface area contributed by atoms with Crippen LogP contribution in [0.25, 0.3) is 0 Å². The summed E-state index contributed by atoms with van der Waals surface area (Å²) in [5, 5.41) is 10.9. The molecule has 2 saturated heterocycles. The third-order valence-electron chi connectivity index (χ3n) is 13.0. The Morgan fingerprint density at radius 2 is 1.71 bits per heavy atom. The highest BCUT2D eigenvalue weighted by atomic mass is 16.7. The van der Waals surface area contributed by atoms with Gasteiger partial charge in [-0.1, -0.05) is 60.1 Å². The van der Waals surface area contributed by atoms with Crippen LogP contribution >= 0.6 is 0 Å². The van der Waals surface area contributed by atoms with Crippen molar-refractivity contribution >= 4 is 5.97 Å². The number of carbonyl (C=O) groups excluding carboxylic acids is 1. The molecule has 10 atom stereocenters. The molecule has 2 heterocycles.